The SMILES string of the molecule is CC1(C)CNc2nccnc21. The largest absolute Gasteiger partial charge is 0.368 e. The molecule has 0 radical (unpaired) electrons. The Morgan fingerprint density at radius 3 is 2.82 bits per heavy atom. The Morgan fingerprint density at radius 1 is 1.36 bits per heavy atom. The molecule has 0 fully saturated rings. The molecule has 0 saturated heterocycles. The van der Waals surface area contributed by atoms with Gasteiger partial charge in [-0.2, -0.15) is 0 Å². The molecule has 3 nitrogen and oxygen atoms in total. The minimum Gasteiger partial charge on any atom is -0.368 e. The van der Waals surface area contributed by atoms with Gasteiger partial charge in [-0.15, -0.1) is 0 Å². The highest BCUT2D eigenvalue weighted by molar-refractivity contribution is 5.49. The van der Waals surface area contributed by atoms with Crippen molar-refractivity contribution in [2.45, 2.75) is 19.3 Å². The zero-order chi connectivity index (χ0) is 7.90. The lowest BCUT2D eigenvalue weighted by Gasteiger charge is -2.14. The lowest BCUT2D eigenvalue weighted by Crippen LogP contribution is -2.19. The summed E-state index contributed by atoms with van der Waals surface area (Å²) in [5.74, 6) is 0.942. The van der Waals surface area contributed by atoms with Crippen LogP contribution in [-0.4, -0.2) is 16.5 Å². The summed E-state index contributed by atoms with van der Waals surface area (Å²) in [6.07, 6.45) is 3.46. The van der Waals surface area contributed by atoms with Crippen molar-refractivity contribution in [3.63, 3.8) is 0 Å². The molecule has 2 rings (SSSR count). The summed E-state index contributed by atoms with van der Waals surface area (Å²) >= 11 is 0. The van der Waals surface area contributed by atoms with Crippen LogP contribution in [0.4, 0.5) is 5.82 Å². The van der Waals surface area contributed by atoms with Crippen molar-refractivity contribution in [2.75, 3.05) is 11.9 Å². The molecular formula is C8H11N3. The Labute approximate surface area is 65.9 Å². The highest BCUT2D eigenvalue weighted by atomic mass is 15.1. The van der Waals surface area contributed by atoms with Gasteiger partial charge in [0.25, 0.3) is 0 Å². The summed E-state index contributed by atoms with van der Waals surface area (Å²) in [7, 11) is 0. The molecule has 0 unspecified atom stereocenters. The molecule has 3 heteroatoms. The number of aromatic nitrogens is 2. The molecule has 1 aliphatic heterocycles. The van der Waals surface area contributed by atoms with Crippen LogP contribution < -0.4 is 5.32 Å². The second kappa shape index (κ2) is 1.94. The van der Waals surface area contributed by atoms with Crippen LogP contribution in [0.15, 0.2) is 12.4 Å². The van der Waals surface area contributed by atoms with Crippen molar-refractivity contribution in [3.05, 3.63) is 18.1 Å². The van der Waals surface area contributed by atoms with Gasteiger partial charge in [-0.3, -0.25) is 4.98 Å². The maximum absolute atomic E-state index is 4.29. The summed E-state index contributed by atoms with van der Waals surface area (Å²) in [6.45, 7) is 5.27. The van der Waals surface area contributed by atoms with Crippen molar-refractivity contribution < 1.29 is 0 Å². The number of nitrogens with one attached hydrogen (secondary N) is 1. The first kappa shape index (κ1) is 6.58. The van der Waals surface area contributed by atoms with Gasteiger partial charge in [0.15, 0.2) is 0 Å². The van der Waals surface area contributed by atoms with Crippen LogP contribution >= 0.6 is 0 Å². The van der Waals surface area contributed by atoms with Crippen LogP contribution in [0.25, 0.3) is 0 Å². The van der Waals surface area contributed by atoms with E-state index in [1.807, 2.05) is 0 Å². The van der Waals surface area contributed by atoms with Gasteiger partial charge in [0.2, 0.25) is 0 Å². The van der Waals surface area contributed by atoms with Crippen LogP contribution in [0.3, 0.4) is 0 Å². The van der Waals surface area contributed by atoms with Crippen molar-refractivity contribution in [2.24, 2.45) is 0 Å². The number of hydrogen-bond donors (Lipinski definition) is 1. The van der Waals surface area contributed by atoms with E-state index in [1.165, 1.54) is 0 Å². The summed E-state index contributed by atoms with van der Waals surface area (Å²) in [4.78, 5) is 8.47. The van der Waals surface area contributed by atoms with E-state index < -0.39 is 0 Å². The van der Waals surface area contributed by atoms with E-state index in [1.54, 1.807) is 12.4 Å². The van der Waals surface area contributed by atoms with E-state index >= 15 is 0 Å². The first-order chi connectivity index (χ1) is 5.20. The normalized spacial score (nSPS) is 19.1. The molecule has 1 aliphatic rings. The van der Waals surface area contributed by atoms with E-state index in [-0.39, 0.29) is 5.41 Å². The summed E-state index contributed by atoms with van der Waals surface area (Å²) in [5.41, 5.74) is 1.23. The van der Waals surface area contributed by atoms with Crippen molar-refractivity contribution in [1.82, 2.24) is 9.97 Å². The Bertz CT molecular complexity index is 280. The Balaban J connectivity index is 2.56. The molecule has 0 atom stereocenters. The third-order valence-electron chi connectivity index (χ3n) is 2.04. The van der Waals surface area contributed by atoms with Gasteiger partial charge in [-0.05, 0) is 0 Å². The van der Waals surface area contributed by atoms with Gasteiger partial charge < -0.3 is 5.32 Å². The zero-order valence-electron chi connectivity index (χ0n) is 6.76. The van der Waals surface area contributed by atoms with Crippen molar-refractivity contribution >= 4 is 5.82 Å². The third kappa shape index (κ3) is 0.878. The molecule has 11 heavy (non-hydrogen) atoms. The molecule has 0 amide bonds. The predicted molar refractivity (Wildman–Crippen MR) is 43.5 cm³/mol. The fraction of sp³-hybridized carbons (Fsp3) is 0.500. The minimum atomic E-state index is 0.142. The molecule has 0 bridgehead atoms. The van der Waals surface area contributed by atoms with E-state index in [0.29, 0.717) is 0 Å². The Morgan fingerprint density at radius 2 is 2.09 bits per heavy atom. The van der Waals surface area contributed by atoms with Gasteiger partial charge >= 0.3 is 0 Å². The molecule has 0 spiro atoms. The molecule has 0 saturated carbocycles. The molecule has 58 valence electrons. The topological polar surface area (TPSA) is 37.8 Å². The molecule has 1 aromatic heterocycles. The summed E-state index contributed by atoms with van der Waals surface area (Å²) in [5, 5.41) is 3.22. The van der Waals surface area contributed by atoms with Gasteiger partial charge in [0.05, 0.1) is 5.69 Å². The van der Waals surface area contributed by atoms with Crippen LogP contribution in [0, 0.1) is 0 Å². The fourth-order valence-corrected chi connectivity index (χ4v) is 1.35. The van der Waals surface area contributed by atoms with E-state index in [9.17, 15) is 0 Å². The number of hydrogen-bond acceptors (Lipinski definition) is 3. The van der Waals surface area contributed by atoms with E-state index in [2.05, 4.69) is 29.1 Å². The summed E-state index contributed by atoms with van der Waals surface area (Å²) in [6, 6.07) is 0. The predicted octanol–water partition coefficient (Wildman–Crippen LogP) is 1.18. The zero-order valence-corrected chi connectivity index (χ0v) is 6.76. The first-order valence-electron chi connectivity index (χ1n) is 3.75. The van der Waals surface area contributed by atoms with Crippen LogP contribution in [0.2, 0.25) is 0 Å². The van der Waals surface area contributed by atoms with Gasteiger partial charge in [-0.25, -0.2) is 4.98 Å². The quantitative estimate of drug-likeness (QED) is 0.602. The highest BCUT2D eigenvalue weighted by Crippen LogP contribution is 2.31. The summed E-state index contributed by atoms with van der Waals surface area (Å²) < 4.78 is 0. The molecular weight excluding hydrogens is 138 g/mol. The van der Waals surface area contributed by atoms with Gasteiger partial charge in [0.1, 0.15) is 5.82 Å². The van der Waals surface area contributed by atoms with Crippen LogP contribution in [-0.2, 0) is 5.41 Å². The van der Waals surface area contributed by atoms with Crippen LogP contribution in [0.5, 0.6) is 0 Å². The molecule has 1 aromatic rings. The Hall–Kier alpha value is -1.12. The van der Waals surface area contributed by atoms with Crippen molar-refractivity contribution in [3.8, 4) is 0 Å². The molecule has 0 aromatic carbocycles. The number of fused-ring (bicyclic) bond motifs is 1. The highest BCUT2D eigenvalue weighted by Gasteiger charge is 2.31. The third-order valence-corrected chi connectivity index (χ3v) is 2.04. The van der Waals surface area contributed by atoms with Gasteiger partial charge in [0, 0.05) is 24.4 Å². The van der Waals surface area contributed by atoms with Crippen LogP contribution in [0.1, 0.15) is 19.5 Å². The second-order valence-corrected chi connectivity index (χ2v) is 3.49. The maximum Gasteiger partial charge on any atom is 0.148 e. The minimum absolute atomic E-state index is 0.142. The van der Waals surface area contributed by atoms with Gasteiger partial charge in [-0.1, -0.05) is 13.8 Å². The molecule has 1 N–H and O–H groups in total. The standard InChI is InChI=1S/C8H11N3/c1-8(2)5-11-7-6(8)9-3-4-10-7/h3-4H,5H2,1-2H3,(H,10,11). The van der Waals surface area contributed by atoms with E-state index in [0.717, 1.165) is 18.1 Å². The molecule has 0 aliphatic carbocycles. The maximum atomic E-state index is 4.29. The average molecular weight is 149 g/mol. The number of rotatable bonds is 0. The first-order valence-corrected chi connectivity index (χ1v) is 3.75. The monoisotopic (exact) mass is 149 g/mol. The Kier molecular flexibility index (Phi) is 1.16. The second-order valence-electron chi connectivity index (χ2n) is 3.49. The molecule has 2 heterocycles. The smallest absolute Gasteiger partial charge is 0.148 e. The lowest BCUT2D eigenvalue weighted by molar-refractivity contribution is 0.568. The lowest BCUT2D eigenvalue weighted by atomic mass is 9.92. The fourth-order valence-electron chi connectivity index (χ4n) is 1.35. The average Bonchev–Trinajstić information content (AvgIpc) is 2.29. The number of anilines is 1. The van der Waals surface area contributed by atoms with E-state index in [4.69, 9.17) is 0 Å². The number of nitrogens with zero attached hydrogens (tertiary/aromatic N) is 2. The van der Waals surface area contributed by atoms with Crippen molar-refractivity contribution in [1.29, 1.82) is 0 Å².